The number of aliphatic hydroxyl groups excluding tert-OH is 1. The SMILES string of the molecule is C=CCCOC(C)C(=O)NC(CO)c1ccc(Cl)cc1. The Kier molecular flexibility index (Phi) is 7.30. The normalized spacial score (nSPS) is 13.6. The number of nitrogens with one attached hydrogen (secondary N) is 1. The summed E-state index contributed by atoms with van der Waals surface area (Å²) in [5.41, 5.74) is 0.795. The van der Waals surface area contributed by atoms with Gasteiger partial charge in [0.2, 0.25) is 5.91 Å². The van der Waals surface area contributed by atoms with Gasteiger partial charge in [-0.3, -0.25) is 4.79 Å². The highest BCUT2D eigenvalue weighted by molar-refractivity contribution is 6.30. The summed E-state index contributed by atoms with van der Waals surface area (Å²) in [6.45, 7) is 5.52. The smallest absolute Gasteiger partial charge is 0.249 e. The number of carbonyl (C=O) groups is 1. The highest BCUT2D eigenvalue weighted by atomic mass is 35.5. The molecule has 1 amide bonds. The molecule has 1 aromatic carbocycles. The number of rotatable bonds is 8. The molecule has 0 saturated carbocycles. The Hall–Kier alpha value is -1.36. The molecule has 5 heteroatoms. The van der Waals surface area contributed by atoms with Gasteiger partial charge in [-0.2, -0.15) is 0 Å². The number of hydrogen-bond acceptors (Lipinski definition) is 3. The van der Waals surface area contributed by atoms with Crippen molar-refractivity contribution >= 4 is 17.5 Å². The largest absolute Gasteiger partial charge is 0.394 e. The average molecular weight is 298 g/mol. The molecule has 4 nitrogen and oxygen atoms in total. The van der Waals surface area contributed by atoms with Crippen LogP contribution >= 0.6 is 11.6 Å². The van der Waals surface area contributed by atoms with Crippen molar-refractivity contribution < 1.29 is 14.6 Å². The molecule has 20 heavy (non-hydrogen) atoms. The van der Waals surface area contributed by atoms with Gasteiger partial charge >= 0.3 is 0 Å². The maximum atomic E-state index is 11.9. The van der Waals surface area contributed by atoms with Crippen LogP contribution in [0.3, 0.4) is 0 Å². The van der Waals surface area contributed by atoms with Gasteiger partial charge in [0.05, 0.1) is 19.3 Å². The summed E-state index contributed by atoms with van der Waals surface area (Å²) in [6.07, 6.45) is 1.85. The molecule has 1 aromatic rings. The second-order valence-electron chi connectivity index (χ2n) is 4.39. The number of amides is 1. The zero-order valence-electron chi connectivity index (χ0n) is 11.5. The first-order chi connectivity index (χ1) is 9.58. The lowest BCUT2D eigenvalue weighted by Crippen LogP contribution is -2.38. The van der Waals surface area contributed by atoms with Crippen LogP contribution in [0.5, 0.6) is 0 Å². The van der Waals surface area contributed by atoms with E-state index in [-0.39, 0.29) is 12.5 Å². The quantitative estimate of drug-likeness (QED) is 0.572. The molecule has 0 fully saturated rings. The van der Waals surface area contributed by atoms with Gasteiger partial charge in [0, 0.05) is 5.02 Å². The number of halogens is 1. The standard InChI is InChI=1S/C15H20ClNO3/c1-3-4-9-20-11(2)15(19)17-14(10-18)12-5-7-13(16)8-6-12/h3,5-8,11,14,18H,1,4,9-10H2,2H3,(H,17,19). The van der Waals surface area contributed by atoms with Gasteiger partial charge in [-0.05, 0) is 31.0 Å². The Morgan fingerprint density at radius 3 is 2.70 bits per heavy atom. The molecule has 2 N–H and O–H groups in total. The van der Waals surface area contributed by atoms with E-state index in [9.17, 15) is 9.90 Å². The molecule has 0 aliphatic carbocycles. The Balaban J connectivity index is 2.56. The fourth-order valence-corrected chi connectivity index (χ4v) is 1.75. The third-order valence-corrected chi connectivity index (χ3v) is 3.08. The first kappa shape index (κ1) is 16.7. The fourth-order valence-electron chi connectivity index (χ4n) is 1.62. The van der Waals surface area contributed by atoms with Crippen molar-refractivity contribution in [2.45, 2.75) is 25.5 Å². The van der Waals surface area contributed by atoms with Crippen LogP contribution in [0, 0.1) is 0 Å². The van der Waals surface area contributed by atoms with E-state index in [4.69, 9.17) is 16.3 Å². The van der Waals surface area contributed by atoms with E-state index in [2.05, 4.69) is 11.9 Å². The van der Waals surface area contributed by atoms with Gasteiger partial charge in [0.15, 0.2) is 0 Å². The summed E-state index contributed by atoms with van der Waals surface area (Å²) in [5.74, 6) is -0.261. The van der Waals surface area contributed by atoms with Gasteiger partial charge in [0.1, 0.15) is 6.10 Å². The number of aliphatic hydroxyl groups is 1. The lowest BCUT2D eigenvalue weighted by atomic mass is 10.1. The minimum Gasteiger partial charge on any atom is -0.394 e. The first-order valence-electron chi connectivity index (χ1n) is 6.47. The molecule has 1 rings (SSSR count). The molecule has 110 valence electrons. The average Bonchev–Trinajstić information content (AvgIpc) is 2.45. The molecule has 0 bridgehead atoms. The van der Waals surface area contributed by atoms with Crippen molar-refractivity contribution in [2.24, 2.45) is 0 Å². The molecular formula is C15H20ClNO3. The number of carbonyl (C=O) groups excluding carboxylic acids is 1. The highest BCUT2D eigenvalue weighted by Crippen LogP contribution is 2.16. The molecule has 2 atom stereocenters. The minimum atomic E-state index is -0.573. The molecular weight excluding hydrogens is 278 g/mol. The second-order valence-corrected chi connectivity index (χ2v) is 4.82. The van der Waals surface area contributed by atoms with E-state index in [0.29, 0.717) is 18.1 Å². The lowest BCUT2D eigenvalue weighted by Gasteiger charge is -2.20. The fraction of sp³-hybridized carbons (Fsp3) is 0.400. The van der Waals surface area contributed by atoms with E-state index in [1.54, 1.807) is 37.3 Å². The van der Waals surface area contributed by atoms with Crippen LogP contribution in [0.2, 0.25) is 5.02 Å². The molecule has 0 saturated heterocycles. The van der Waals surface area contributed by atoms with Crippen LogP contribution in [0.25, 0.3) is 0 Å². The Morgan fingerprint density at radius 2 is 2.15 bits per heavy atom. The lowest BCUT2D eigenvalue weighted by molar-refractivity contribution is -0.132. The number of hydrogen-bond donors (Lipinski definition) is 2. The molecule has 0 heterocycles. The third-order valence-electron chi connectivity index (χ3n) is 2.83. The van der Waals surface area contributed by atoms with Crippen LogP contribution in [-0.4, -0.2) is 30.3 Å². The molecule has 0 aliphatic rings. The van der Waals surface area contributed by atoms with Gasteiger partial charge in [-0.25, -0.2) is 0 Å². The summed E-state index contributed by atoms with van der Waals surface area (Å²) in [4.78, 5) is 11.9. The van der Waals surface area contributed by atoms with Crippen LogP contribution < -0.4 is 5.32 Å². The number of ether oxygens (including phenoxy) is 1. The van der Waals surface area contributed by atoms with Crippen molar-refractivity contribution in [3.63, 3.8) is 0 Å². The first-order valence-corrected chi connectivity index (χ1v) is 6.85. The molecule has 0 radical (unpaired) electrons. The maximum Gasteiger partial charge on any atom is 0.249 e. The Morgan fingerprint density at radius 1 is 1.50 bits per heavy atom. The molecule has 0 aromatic heterocycles. The summed E-state index contributed by atoms with van der Waals surface area (Å²) < 4.78 is 5.36. The van der Waals surface area contributed by atoms with Crippen LogP contribution in [0.4, 0.5) is 0 Å². The van der Waals surface area contributed by atoms with E-state index in [1.165, 1.54) is 0 Å². The Bertz CT molecular complexity index is 433. The maximum absolute atomic E-state index is 11.9. The Labute approximate surface area is 124 Å². The van der Waals surface area contributed by atoms with Gasteiger partial charge in [-0.1, -0.05) is 29.8 Å². The summed E-state index contributed by atoms with van der Waals surface area (Å²) in [6, 6.07) is 6.51. The van der Waals surface area contributed by atoms with Crippen molar-refractivity contribution in [1.29, 1.82) is 0 Å². The predicted octanol–water partition coefficient (Wildman–Crippen LogP) is 2.47. The predicted molar refractivity (Wildman–Crippen MR) is 79.6 cm³/mol. The van der Waals surface area contributed by atoms with E-state index in [1.807, 2.05) is 0 Å². The van der Waals surface area contributed by atoms with Crippen LogP contribution in [-0.2, 0) is 9.53 Å². The second kappa shape index (κ2) is 8.74. The zero-order chi connectivity index (χ0) is 15.0. The van der Waals surface area contributed by atoms with Gasteiger partial charge < -0.3 is 15.2 Å². The van der Waals surface area contributed by atoms with Crippen molar-refractivity contribution in [1.82, 2.24) is 5.32 Å². The van der Waals surface area contributed by atoms with E-state index < -0.39 is 12.1 Å². The molecule has 2 unspecified atom stereocenters. The summed E-state index contributed by atoms with van der Waals surface area (Å²) in [7, 11) is 0. The monoisotopic (exact) mass is 297 g/mol. The number of benzene rings is 1. The van der Waals surface area contributed by atoms with Crippen molar-refractivity contribution in [3.05, 3.63) is 47.5 Å². The minimum absolute atomic E-state index is 0.188. The van der Waals surface area contributed by atoms with E-state index in [0.717, 1.165) is 5.56 Å². The highest BCUT2D eigenvalue weighted by Gasteiger charge is 2.18. The van der Waals surface area contributed by atoms with Crippen molar-refractivity contribution in [3.8, 4) is 0 Å². The van der Waals surface area contributed by atoms with Crippen LogP contribution in [0.1, 0.15) is 24.9 Å². The van der Waals surface area contributed by atoms with Gasteiger partial charge in [-0.15, -0.1) is 6.58 Å². The summed E-state index contributed by atoms with van der Waals surface area (Å²) in [5, 5.41) is 12.7. The third kappa shape index (κ3) is 5.33. The van der Waals surface area contributed by atoms with Crippen molar-refractivity contribution in [2.75, 3.05) is 13.2 Å². The van der Waals surface area contributed by atoms with Gasteiger partial charge in [0.25, 0.3) is 0 Å². The molecule has 0 aliphatic heterocycles. The zero-order valence-corrected chi connectivity index (χ0v) is 12.3. The topological polar surface area (TPSA) is 58.6 Å². The molecule has 0 spiro atoms. The van der Waals surface area contributed by atoms with E-state index >= 15 is 0 Å². The summed E-state index contributed by atoms with van der Waals surface area (Å²) >= 11 is 5.81. The van der Waals surface area contributed by atoms with Crippen LogP contribution in [0.15, 0.2) is 36.9 Å².